The Morgan fingerprint density at radius 1 is 1.03 bits per heavy atom. The number of aryl methyl sites for hydroxylation is 2. The predicted molar refractivity (Wildman–Crippen MR) is 123 cm³/mol. The van der Waals surface area contributed by atoms with E-state index in [0.717, 1.165) is 16.0 Å². The second-order valence-electron chi connectivity index (χ2n) is 7.30. The van der Waals surface area contributed by atoms with Crippen LogP contribution in [-0.2, 0) is 0 Å². The highest BCUT2D eigenvalue weighted by Gasteiger charge is 2.18. The fourth-order valence-electron chi connectivity index (χ4n) is 3.35. The van der Waals surface area contributed by atoms with E-state index < -0.39 is 0 Å². The molecule has 4 rings (SSSR count). The van der Waals surface area contributed by atoms with Crippen molar-refractivity contribution in [3.05, 3.63) is 95.6 Å². The van der Waals surface area contributed by atoms with Gasteiger partial charge in [0, 0.05) is 29.6 Å². The van der Waals surface area contributed by atoms with Crippen molar-refractivity contribution in [2.45, 2.75) is 36.7 Å². The minimum atomic E-state index is -0.218. The van der Waals surface area contributed by atoms with E-state index in [0.29, 0.717) is 16.4 Å². The number of benzene rings is 1. The van der Waals surface area contributed by atoms with Gasteiger partial charge in [-0.2, -0.15) is 5.10 Å². The van der Waals surface area contributed by atoms with Crippen molar-refractivity contribution in [3.63, 3.8) is 0 Å². The highest BCUT2D eigenvalue weighted by atomic mass is 32.2. The number of rotatable bonds is 6. The molecule has 0 unspecified atom stereocenters. The number of amides is 1. The van der Waals surface area contributed by atoms with E-state index in [2.05, 4.69) is 52.4 Å². The first-order valence-corrected chi connectivity index (χ1v) is 10.8. The van der Waals surface area contributed by atoms with E-state index in [9.17, 15) is 4.79 Å². The number of carbonyl (C=O) groups is 1. The van der Waals surface area contributed by atoms with Crippen LogP contribution in [0.2, 0.25) is 0 Å². The van der Waals surface area contributed by atoms with Gasteiger partial charge in [0.25, 0.3) is 5.91 Å². The van der Waals surface area contributed by atoms with Gasteiger partial charge in [-0.3, -0.25) is 9.78 Å². The van der Waals surface area contributed by atoms with Crippen LogP contribution < -0.4 is 5.32 Å². The third-order valence-electron chi connectivity index (χ3n) is 5.02. The summed E-state index contributed by atoms with van der Waals surface area (Å²) in [6.45, 7) is 6.16. The van der Waals surface area contributed by atoms with Gasteiger partial charge < -0.3 is 5.32 Å². The molecule has 3 aromatic heterocycles. The molecule has 1 amide bonds. The van der Waals surface area contributed by atoms with Crippen molar-refractivity contribution >= 4 is 23.5 Å². The maximum atomic E-state index is 13.2. The monoisotopic (exact) mass is 429 g/mol. The van der Waals surface area contributed by atoms with Crippen LogP contribution in [0.25, 0.3) is 0 Å². The third-order valence-corrected chi connectivity index (χ3v) is 6.22. The van der Waals surface area contributed by atoms with Crippen molar-refractivity contribution < 1.29 is 4.79 Å². The number of hydrogen-bond acceptors (Lipinski definition) is 5. The van der Waals surface area contributed by atoms with Gasteiger partial charge in [0.15, 0.2) is 0 Å². The molecule has 1 atom stereocenters. The van der Waals surface area contributed by atoms with Crippen LogP contribution in [0.4, 0.5) is 5.82 Å². The van der Waals surface area contributed by atoms with Gasteiger partial charge in [0.2, 0.25) is 0 Å². The first-order valence-electron chi connectivity index (χ1n) is 9.98. The lowest BCUT2D eigenvalue weighted by molar-refractivity contribution is 0.102. The minimum absolute atomic E-state index is 0.0498. The molecule has 4 aromatic rings. The van der Waals surface area contributed by atoms with Gasteiger partial charge in [-0.15, -0.1) is 0 Å². The van der Waals surface area contributed by atoms with Crippen LogP contribution in [0.3, 0.4) is 0 Å². The summed E-state index contributed by atoms with van der Waals surface area (Å²) in [4.78, 5) is 22.8. The number of carbonyl (C=O) groups excluding carboxylic acids is 1. The van der Waals surface area contributed by atoms with Crippen molar-refractivity contribution in [2.75, 3.05) is 5.32 Å². The Hall–Kier alpha value is -3.45. The summed E-state index contributed by atoms with van der Waals surface area (Å²) in [6, 6.07) is 15.5. The normalized spacial score (nSPS) is 11.8. The van der Waals surface area contributed by atoms with Crippen molar-refractivity contribution in [1.29, 1.82) is 0 Å². The molecule has 0 radical (unpaired) electrons. The zero-order chi connectivity index (χ0) is 21.8. The largest absolute Gasteiger partial charge is 0.307 e. The number of pyridine rings is 2. The number of anilines is 1. The van der Waals surface area contributed by atoms with Crippen LogP contribution in [0.15, 0.2) is 83.2 Å². The van der Waals surface area contributed by atoms with Crippen LogP contribution in [0.1, 0.15) is 40.0 Å². The molecule has 1 aromatic carbocycles. The maximum Gasteiger partial charge on any atom is 0.259 e. The van der Waals surface area contributed by atoms with E-state index in [1.807, 2.05) is 19.1 Å². The third kappa shape index (κ3) is 4.67. The molecule has 1 N–H and O–H groups in total. The molecular weight excluding hydrogens is 406 g/mol. The Kier molecular flexibility index (Phi) is 6.13. The van der Waals surface area contributed by atoms with Gasteiger partial charge in [0.05, 0.1) is 17.8 Å². The fourth-order valence-corrected chi connectivity index (χ4v) is 4.30. The summed E-state index contributed by atoms with van der Waals surface area (Å²) < 4.78 is 1.79. The lowest BCUT2D eigenvalue weighted by Crippen LogP contribution is -2.19. The van der Waals surface area contributed by atoms with E-state index in [1.165, 1.54) is 17.3 Å². The van der Waals surface area contributed by atoms with Crippen molar-refractivity contribution in [1.82, 2.24) is 19.7 Å². The van der Waals surface area contributed by atoms with E-state index in [-0.39, 0.29) is 11.9 Å². The van der Waals surface area contributed by atoms with Crippen LogP contribution in [0, 0.1) is 13.8 Å². The SMILES string of the molecule is Cc1ccc(Sc2ncccc2C(=O)Nc2ccnn2[C@@H](C)c2ccncc2)c(C)c1. The van der Waals surface area contributed by atoms with Crippen LogP contribution in [0.5, 0.6) is 0 Å². The Balaban J connectivity index is 1.58. The molecule has 0 aliphatic rings. The Morgan fingerprint density at radius 2 is 1.84 bits per heavy atom. The molecule has 31 heavy (non-hydrogen) atoms. The zero-order valence-corrected chi connectivity index (χ0v) is 18.4. The lowest BCUT2D eigenvalue weighted by Gasteiger charge is -2.17. The molecule has 0 saturated carbocycles. The predicted octanol–water partition coefficient (Wildman–Crippen LogP) is 5.30. The Bertz CT molecular complexity index is 1210. The lowest BCUT2D eigenvalue weighted by atomic mass is 10.1. The topological polar surface area (TPSA) is 72.7 Å². The second-order valence-corrected chi connectivity index (χ2v) is 8.33. The Morgan fingerprint density at radius 3 is 2.61 bits per heavy atom. The first-order chi connectivity index (χ1) is 15.0. The summed E-state index contributed by atoms with van der Waals surface area (Å²) in [5, 5.41) is 8.08. The summed E-state index contributed by atoms with van der Waals surface area (Å²) in [7, 11) is 0. The molecular formula is C24H23N5OS. The average Bonchev–Trinajstić information content (AvgIpc) is 3.24. The molecule has 0 aliphatic heterocycles. The highest BCUT2D eigenvalue weighted by molar-refractivity contribution is 7.99. The second kappa shape index (κ2) is 9.14. The molecule has 156 valence electrons. The molecule has 0 saturated heterocycles. The zero-order valence-electron chi connectivity index (χ0n) is 17.6. The summed E-state index contributed by atoms with van der Waals surface area (Å²) in [5.41, 5.74) is 3.95. The van der Waals surface area contributed by atoms with Crippen LogP contribution in [-0.4, -0.2) is 25.7 Å². The van der Waals surface area contributed by atoms with E-state index in [4.69, 9.17) is 0 Å². The standard InChI is InChI=1S/C24H23N5OS/c1-16-6-7-21(17(2)15-16)31-24-20(5-4-11-26-24)23(30)28-22-10-14-27-29(22)18(3)19-8-12-25-13-9-19/h4-15,18H,1-3H3,(H,28,30)/t18-/m0/s1. The van der Waals surface area contributed by atoms with E-state index >= 15 is 0 Å². The average molecular weight is 430 g/mol. The summed E-state index contributed by atoms with van der Waals surface area (Å²) in [5.74, 6) is 0.407. The van der Waals surface area contributed by atoms with Gasteiger partial charge in [0.1, 0.15) is 10.8 Å². The maximum absolute atomic E-state index is 13.2. The molecule has 0 bridgehead atoms. The van der Waals surface area contributed by atoms with Gasteiger partial charge in [-0.25, -0.2) is 9.67 Å². The number of hydrogen-bond donors (Lipinski definition) is 1. The number of aromatic nitrogens is 4. The molecule has 0 aliphatic carbocycles. The smallest absolute Gasteiger partial charge is 0.259 e. The molecule has 0 fully saturated rings. The van der Waals surface area contributed by atoms with Gasteiger partial charge >= 0.3 is 0 Å². The van der Waals surface area contributed by atoms with Gasteiger partial charge in [-0.1, -0.05) is 29.5 Å². The molecule has 0 spiro atoms. The fraction of sp³-hybridized carbons (Fsp3) is 0.167. The molecule has 6 nitrogen and oxygen atoms in total. The van der Waals surface area contributed by atoms with Crippen molar-refractivity contribution in [2.24, 2.45) is 0 Å². The number of nitrogens with zero attached hydrogens (tertiary/aromatic N) is 4. The van der Waals surface area contributed by atoms with Crippen LogP contribution >= 0.6 is 11.8 Å². The summed E-state index contributed by atoms with van der Waals surface area (Å²) in [6.07, 6.45) is 6.89. The van der Waals surface area contributed by atoms with Gasteiger partial charge in [-0.05, 0) is 62.2 Å². The van der Waals surface area contributed by atoms with E-state index in [1.54, 1.807) is 47.7 Å². The highest BCUT2D eigenvalue weighted by Crippen LogP contribution is 2.32. The number of nitrogens with one attached hydrogen (secondary N) is 1. The minimum Gasteiger partial charge on any atom is -0.307 e. The summed E-state index contributed by atoms with van der Waals surface area (Å²) >= 11 is 1.50. The first kappa shape index (κ1) is 20.8. The quantitative estimate of drug-likeness (QED) is 0.450. The molecule has 7 heteroatoms. The molecule has 3 heterocycles. The van der Waals surface area contributed by atoms with Crippen molar-refractivity contribution in [3.8, 4) is 0 Å². The Labute approximate surface area is 185 Å².